The number of benzene rings is 1. The van der Waals surface area contributed by atoms with E-state index < -0.39 is 0 Å². The van der Waals surface area contributed by atoms with Gasteiger partial charge >= 0.3 is 6.03 Å². The van der Waals surface area contributed by atoms with Crippen LogP contribution in [0.2, 0.25) is 0 Å². The maximum Gasteiger partial charge on any atom is 0.318 e. The number of amides is 2. The molecule has 25 heavy (non-hydrogen) atoms. The van der Waals surface area contributed by atoms with E-state index >= 15 is 0 Å². The van der Waals surface area contributed by atoms with Gasteiger partial charge in [-0.15, -0.1) is 11.3 Å². The Labute approximate surface area is 151 Å². The summed E-state index contributed by atoms with van der Waals surface area (Å²) in [7, 11) is 0. The van der Waals surface area contributed by atoms with Crippen molar-refractivity contribution in [2.45, 2.75) is 26.3 Å². The molecule has 7 heteroatoms. The van der Waals surface area contributed by atoms with Crippen LogP contribution in [0, 0.1) is 12.7 Å². The molecule has 1 aromatic heterocycles. The molecule has 0 aliphatic carbocycles. The molecule has 5 nitrogen and oxygen atoms in total. The van der Waals surface area contributed by atoms with Crippen LogP contribution < -0.4 is 10.2 Å². The van der Waals surface area contributed by atoms with Crippen molar-refractivity contribution >= 4 is 23.1 Å². The second kappa shape index (κ2) is 7.82. The van der Waals surface area contributed by atoms with Crippen molar-refractivity contribution in [2.24, 2.45) is 0 Å². The monoisotopic (exact) mass is 362 g/mol. The van der Waals surface area contributed by atoms with Crippen molar-refractivity contribution < 1.29 is 9.18 Å². The van der Waals surface area contributed by atoms with Gasteiger partial charge in [0.15, 0.2) is 0 Å². The quantitative estimate of drug-likeness (QED) is 0.908. The number of aromatic nitrogens is 1. The fourth-order valence-corrected chi connectivity index (χ4v) is 3.74. The molecule has 1 N–H and O–H groups in total. The molecule has 0 bridgehead atoms. The van der Waals surface area contributed by atoms with E-state index in [-0.39, 0.29) is 17.9 Å². The summed E-state index contributed by atoms with van der Waals surface area (Å²) in [5, 5.41) is 5.95. The first-order chi connectivity index (χ1) is 12.0. The molecule has 1 fully saturated rings. The van der Waals surface area contributed by atoms with Crippen molar-refractivity contribution in [1.82, 2.24) is 15.2 Å². The fraction of sp³-hybridized carbons (Fsp3) is 0.444. The maximum absolute atomic E-state index is 13.1. The lowest BCUT2D eigenvalue weighted by Gasteiger charge is -2.24. The predicted octanol–water partition coefficient (Wildman–Crippen LogP) is 3.57. The average molecular weight is 362 g/mol. The number of halogens is 1. The van der Waals surface area contributed by atoms with Crippen LogP contribution in [0.3, 0.4) is 0 Å². The molecule has 0 radical (unpaired) electrons. The number of carbonyl (C=O) groups is 1. The normalized spacial score (nSPS) is 16.4. The molecule has 134 valence electrons. The number of hydrogen-bond donors (Lipinski definition) is 1. The zero-order chi connectivity index (χ0) is 17.8. The molecule has 0 spiro atoms. The summed E-state index contributed by atoms with van der Waals surface area (Å²) in [6.45, 7) is 6.87. The van der Waals surface area contributed by atoms with E-state index in [2.05, 4.69) is 15.2 Å². The van der Waals surface area contributed by atoms with Gasteiger partial charge in [-0.25, -0.2) is 14.2 Å². The molecule has 1 aromatic carbocycles. The van der Waals surface area contributed by atoms with Gasteiger partial charge in [0.25, 0.3) is 0 Å². The fourth-order valence-electron chi connectivity index (χ4n) is 2.94. The molecule has 2 heterocycles. The molecule has 2 amide bonds. The lowest BCUT2D eigenvalue weighted by atomic mass is 10.2. The first-order valence-electron chi connectivity index (χ1n) is 8.51. The van der Waals surface area contributed by atoms with Gasteiger partial charge in [-0.2, -0.15) is 0 Å². The zero-order valence-electron chi connectivity index (χ0n) is 14.5. The minimum absolute atomic E-state index is 0.0543. The Balaban J connectivity index is 1.56. The van der Waals surface area contributed by atoms with Crippen molar-refractivity contribution in [3.05, 3.63) is 46.2 Å². The summed E-state index contributed by atoms with van der Waals surface area (Å²) in [5.74, 6) is -0.231. The summed E-state index contributed by atoms with van der Waals surface area (Å²) in [4.78, 5) is 21.0. The SMILES string of the molecule is Cc1csc([C@H](C)NC(=O)N2CCCN(c3ccc(F)cc3)CC2)n1. The zero-order valence-corrected chi connectivity index (χ0v) is 15.4. The maximum atomic E-state index is 13.1. The molecule has 0 saturated carbocycles. The van der Waals surface area contributed by atoms with Crippen LogP contribution in [0.25, 0.3) is 0 Å². The van der Waals surface area contributed by atoms with Crippen molar-refractivity contribution in [1.29, 1.82) is 0 Å². The van der Waals surface area contributed by atoms with Gasteiger partial charge in [-0.1, -0.05) is 0 Å². The summed E-state index contributed by atoms with van der Waals surface area (Å²) in [6.07, 6.45) is 0.884. The van der Waals surface area contributed by atoms with Crippen molar-refractivity contribution in [3.63, 3.8) is 0 Å². The number of nitrogens with zero attached hydrogens (tertiary/aromatic N) is 3. The molecule has 3 rings (SSSR count). The van der Waals surface area contributed by atoms with E-state index in [0.717, 1.165) is 35.9 Å². The molecule has 1 aliphatic heterocycles. The van der Waals surface area contributed by atoms with Gasteiger partial charge in [0, 0.05) is 42.9 Å². The highest BCUT2D eigenvalue weighted by molar-refractivity contribution is 7.09. The second-order valence-corrected chi connectivity index (χ2v) is 7.19. The van der Waals surface area contributed by atoms with E-state index in [9.17, 15) is 9.18 Å². The first kappa shape index (κ1) is 17.7. The van der Waals surface area contributed by atoms with E-state index in [1.165, 1.54) is 12.1 Å². The Kier molecular flexibility index (Phi) is 5.53. The number of hydrogen-bond acceptors (Lipinski definition) is 4. The Bertz CT molecular complexity index is 718. The minimum Gasteiger partial charge on any atom is -0.370 e. The Morgan fingerprint density at radius 3 is 2.68 bits per heavy atom. The van der Waals surface area contributed by atoms with Gasteiger partial charge in [-0.05, 0) is 44.5 Å². The van der Waals surface area contributed by atoms with Gasteiger partial charge in [-0.3, -0.25) is 0 Å². The highest BCUT2D eigenvalue weighted by Crippen LogP contribution is 2.19. The number of nitrogens with one attached hydrogen (secondary N) is 1. The van der Waals surface area contributed by atoms with Crippen molar-refractivity contribution in [2.75, 3.05) is 31.1 Å². The summed E-state index contributed by atoms with van der Waals surface area (Å²) >= 11 is 1.57. The topological polar surface area (TPSA) is 48.5 Å². The van der Waals surface area contributed by atoms with E-state index in [4.69, 9.17) is 0 Å². The third-order valence-corrected chi connectivity index (χ3v) is 5.47. The third kappa shape index (κ3) is 4.48. The minimum atomic E-state index is -0.231. The van der Waals surface area contributed by atoms with Crippen LogP contribution in [0.4, 0.5) is 14.9 Å². The number of rotatable bonds is 3. The van der Waals surface area contributed by atoms with Gasteiger partial charge in [0.1, 0.15) is 10.8 Å². The molecule has 0 unspecified atom stereocenters. The summed E-state index contributed by atoms with van der Waals surface area (Å²) in [5.41, 5.74) is 1.97. The predicted molar refractivity (Wildman–Crippen MR) is 98.6 cm³/mol. The molecule has 1 atom stereocenters. The highest BCUT2D eigenvalue weighted by atomic mass is 32.1. The summed E-state index contributed by atoms with van der Waals surface area (Å²) < 4.78 is 13.1. The van der Waals surface area contributed by atoms with Gasteiger partial charge < -0.3 is 15.1 Å². The molecular formula is C18H23FN4OS. The van der Waals surface area contributed by atoms with Gasteiger partial charge in [0.05, 0.1) is 6.04 Å². The summed E-state index contributed by atoms with van der Waals surface area (Å²) in [6, 6.07) is 6.38. The van der Waals surface area contributed by atoms with Crippen LogP contribution in [0.15, 0.2) is 29.6 Å². The van der Waals surface area contributed by atoms with Crippen LogP contribution in [0.5, 0.6) is 0 Å². The van der Waals surface area contributed by atoms with E-state index in [1.54, 1.807) is 23.5 Å². The Hall–Kier alpha value is -2.15. The molecule has 1 saturated heterocycles. The standard InChI is InChI=1S/C18H23FN4OS/c1-13-12-25-17(20-13)14(2)21-18(24)23-9-3-8-22(10-11-23)16-6-4-15(19)5-7-16/h4-7,12,14H,3,8-11H2,1-2H3,(H,21,24)/t14-/m0/s1. The lowest BCUT2D eigenvalue weighted by Crippen LogP contribution is -2.43. The molecule has 1 aliphatic rings. The number of urea groups is 1. The number of carbonyl (C=O) groups excluding carboxylic acids is 1. The van der Waals surface area contributed by atoms with Crippen LogP contribution >= 0.6 is 11.3 Å². The van der Waals surface area contributed by atoms with E-state index in [0.29, 0.717) is 13.1 Å². The first-order valence-corrected chi connectivity index (χ1v) is 9.39. The smallest absolute Gasteiger partial charge is 0.318 e. The van der Waals surface area contributed by atoms with Gasteiger partial charge in [0.2, 0.25) is 0 Å². The second-order valence-electron chi connectivity index (χ2n) is 6.30. The average Bonchev–Trinajstić information content (AvgIpc) is 2.88. The van der Waals surface area contributed by atoms with Crippen LogP contribution in [0.1, 0.15) is 30.1 Å². The number of anilines is 1. The Morgan fingerprint density at radius 1 is 1.24 bits per heavy atom. The highest BCUT2D eigenvalue weighted by Gasteiger charge is 2.21. The van der Waals surface area contributed by atoms with Crippen LogP contribution in [-0.2, 0) is 0 Å². The molecule has 2 aromatic rings. The largest absolute Gasteiger partial charge is 0.370 e. The molecular weight excluding hydrogens is 339 g/mol. The number of thiazole rings is 1. The lowest BCUT2D eigenvalue weighted by molar-refractivity contribution is 0.198. The van der Waals surface area contributed by atoms with E-state index in [1.807, 2.05) is 24.1 Å². The number of aryl methyl sites for hydroxylation is 1. The Morgan fingerprint density at radius 2 is 2.00 bits per heavy atom. The van der Waals surface area contributed by atoms with Crippen LogP contribution in [-0.4, -0.2) is 42.1 Å². The third-order valence-electron chi connectivity index (χ3n) is 4.32. The van der Waals surface area contributed by atoms with Crippen molar-refractivity contribution in [3.8, 4) is 0 Å².